The van der Waals surface area contributed by atoms with Crippen molar-refractivity contribution >= 4 is 5.97 Å². The molecule has 0 aliphatic heterocycles. The zero-order chi connectivity index (χ0) is 12.2. The molecule has 0 heterocycles. The first-order valence-electron chi connectivity index (χ1n) is 6.65. The SMILES string of the molecule is CCCC1CCC(C(=O)OC(C)(C)C)CC1. The van der Waals surface area contributed by atoms with Crippen molar-refractivity contribution < 1.29 is 9.53 Å². The van der Waals surface area contributed by atoms with Gasteiger partial charge in [0, 0.05) is 0 Å². The van der Waals surface area contributed by atoms with E-state index in [4.69, 9.17) is 4.74 Å². The normalized spacial score (nSPS) is 26.5. The predicted octanol–water partition coefficient (Wildman–Crippen LogP) is 3.93. The minimum absolute atomic E-state index is 0.0162. The minimum Gasteiger partial charge on any atom is -0.460 e. The molecule has 0 saturated heterocycles. The van der Waals surface area contributed by atoms with Crippen LogP contribution in [0.25, 0.3) is 0 Å². The third kappa shape index (κ3) is 4.54. The summed E-state index contributed by atoms with van der Waals surface area (Å²) in [5.41, 5.74) is -0.336. The van der Waals surface area contributed by atoms with E-state index in [-0.39, 0.29) is 17.5 Å². The number of esters is 1. The van der Waals surface area contributed by atoms with Gasteiger partial charge in [-0.15, -0.1) is 0 Å². The van der Waals surface area contributed by atoms with Crippen molar-refractivity contribution in [2.24, 2.45) is 11.8 Å². The van der Waals surface area contributed by atoms with Crippen LogP contribution in [0, 0.1) is 11.8 Å². The quantitative estimate of drug-likeness (QED) is 0.681. The van der Waals surface area contributed by atoms with Crippen LogP contribution in [0.15, 0.2) is 0 Å². The summed E-state index contributed by atoms with van der Waals surface area (Å²) in [5, 5.41) is 0. The van der Waals surface area contributed by atoms with Crippen molar-refractivity contribution in [3.8, 4) is 0 Å². The Labute approximate surface area is 99.8 Å². The van der Waals surface area contributed by atoms with Crippen molar-refractivity contribution in [1.29, 1.82) is 0 Å². The molecular weight excluding hydrogens is 200 g/mol. The molecule has 0 aromatic carbocycles. The number of rotatable bonds is 3. The Balaban J connectivity index is 2.33. The van der Waals surface area contributed by atoms with Gasteiger partial charge in [0.05, 0.1) is 5.92 Å². The van der Waals surface area contributed by atoms with E-state index in [1.165, 1.54) is 25.7 Å². The second kappa shape index (κ2) is 5.70. The smallest absolute Gasteiger partial charge is 0.309 e. The number of carbonyl (C=O) groups is 1. The van der Waals surface area contributed by atoms with E-state index >= 15 is 0 Å². The number of hydrogen-bond donors (Lipinski definition) is 0. The molecule has 94 valence electrons. The van der Waals surface area contributed by atoms with E-state index in [0.29, 0.717) is 0 Å². The highest BCUT2D eigenvalue weighted by atomic mass is 16.6. The molecule has 0 N–H and O–H groups in total. The molecular formula is C14H26O2. The summed E-state index contributed by atoms with van der Waals surface area (Å²) in [6.45, 7) is 8.05. The van der Waals surface area contributed by atoms with E-state index in [1.807, 2.05) is 20.8 Å². The third-order valence-corrected chi connectivity index (χ3v) is 3.28. The molecule has 0 amide bonds. The Morgan fingerprint density at radius 1 is 1.19 bits per heavy atom. The topological polar surface area (TPSA) is 26.3 Å². The fraction of sp³-hybridized carbons (Fsp3) is 0.929. The van der Waals surface area contributed by atoms with Gasteiger partial charge in [-0.1, -0.05) is 19.8 Å². The lowest BCUT2D eigenvalue weighted by Gasteiger charge is -2.29. The summed E-state index contributed by atoms with van der Waals surface area (Å²) in [4.78, 5) is 11.9. The van der Waals surface area contributed by atoms with Crippen LogP contribution in [0.2, 0.25) is 0 Å². The molecule has 1 rings (SSSR count). The van der Waals surface area contributed by atoms with E-state index in [9.17, 15) is 4.79 Å². The highest BCUT2D eigenvalue weighted by Crippen LogP contribution is 2.32. The van der Waals surface area contributed by atoms with E-state index in [2.05, 4.69) is 6.92 Å². The molecule has 0 atom stereocenters. The summed E-state index contributed by atoms with van der Waals surface area (Å²) in [7, 11) is 0. The maximum atomic E-state index is 11.9. The lowest BCUT2D eigenvalue weighted by Crippen LogP contribution is -2.30. The molecule has 0 radical (unpaired) electrons. The van der Waals surface area contributed by atoms with Crippen LogP contribution < -0.4 is 0 Å². The summed E-state index contributed by atoms with van der Waals surface area (Å²) in [6, 6.07) is 0. The van der Waals surface area contributed by atoms with Crippen LogP contribution in [-0.4, -0.2) is 11.6 Å². The largest absolute Gasteiger partial charge is 0.460 e. The molecule has 0 bridgehead atoms. The Morgan fingerprint density at radius 2 is 1.75 bits per heavy atom. The molecule has 2 heteroatoms. The lowest BCUT2D eigenvalue weighted by atomic mass is 9.80. The van der Waals surface area contributed by atoms with Gasteiger partial charge in [0.1, 0.15) is 5.60 Å². The van der Waals surface area contributed by atoms with Gasteiger partial charge in [0.25, 0.3) is 0 Å². The Hall–Kier alpha value is -0.530. The second-order valence-electron chi connectivity index (χ2n) is 6.04. The van der Waals surface area contributed by atoms with Crippen molar-refractivity contribution in [1.82, 2.24) is 0 Å². The summed E-state index contributed by atoms with van der Waals surface area (Å²) in [5.74, 6) is 1.03. The van der Waals surface area contributed by atoms with E-state index < -0.39 is 0 Å². The third-order valence-electron chi connectivity index (χ3n) is 3.28. The van der Waals surface area contributed by atoms with Crippen molar-refractivity contribution in [3.05, 3.63) is 0 Å². The molecule has 1 aliphatic rings. The van der Waals surface area contributed by atoms with Crippen LogP contribution in [0.5, 0.6) is 0 Å². The van der Waals surface area contributed by atoms with Crippen molar-refractivity contribution in [2.45, 2.75) is 71.8 Å². The van der Waals surface area contributed by atoms with Gasteiger partial charge >= 0.3 is 5.97 Å². The van der Waals surface area contributed by atoms with Gasteiger partial charge < -0.3 is 4.74 Å². The van der Waals surface area contributed by atoms with Crippen LogP contribution in [0.4, 0.5) is 0 Å². The van der Waals surface area contributed by atoms with Crippen LogP contribution >= 0.6 is 0 Å². The number of hydrogen-bond acceptors (Lipinski definition) is 2. The zero-order valence-electron chi connectivity index (χ0n) is 11.2. The van der Waals surface area contributed by atoms with Crippen LogP contribution in [-0.2, 0) is 9.53 Å². The predicted molar refractivity (Wildman–Crippen MR) is 66.2 cm³/mol. The standard InChI is InChI=1S/C14H26O2/c1-5-6-11-7-9-12(10-8-11)13(15)16-14(2,3)4/h11-12H,5-10H2,1-4H3. The number of carbonyl (C=O) groups excluding carboxylic acids is 1. The van der Waals surface area contributed by atoms with Gasteiger partial charge in [-0.3, -0.25) is 4.79 Å². The molecule has 0 aromatic heterocycles. The van der Waals surface area contributed by atoms with Crippen molar-refractivity contribution in [2.75, 3.05) is 0 Å². The number of ether oxygens (including phenoxy) is 1. The fourth-order valence-electron chi connectivity index (χ4n) is 2.48. The van der Waals surface area contributed by atoms with Crippen molar-refractivity contribution in [3.63, 3.8) is 0 Å². The second-order valence-corrected chi connectivity index (χ2v) is 6.04. The highest BCUT2D eigenvalue weighted by Gasteiger charge is 2.29. The summed E-state index contributed by atoms with van der Waals surface area (Å²) < 4.78 is 5.43. The first-order valence-corrected chi connectivity index (χ1v) is 6.65. The maximum absolute atomic E-state index is 11.9. The molecule has 2 nitrogen and oxygen atoms in total. The Kier molecular flexibility index (Phi) is 4.82. The molecule has 0 aromatic rings. The molecule has 1 aliphatic carbocycles. The first kappa shape index (κ1) is 13.5. The van der Waals surface area contributed by atoms with Gasteiger partial charge in [0.15, 0.2) is 0 Å². The molecule has 1 saturated carbocycles. The summed E-state index contributed by atoms with van der Waals surface area (Å²) >= 11 is 0. The van der Waals surface area contributed by atoms with E-state index in [0.717, 1.165) is 18.8 Å². The maximum Gasteiger partial charge on any atom is 0.309 e. The first-order chi connectivity index (χ1) is 7.42. The molecule has 1 fully saturated rings. The molecule has 0 unspecified atom stereocenters. The van der Waals surface area contributed by atoms with Gasteiger partial charge in [0.2, 0.25) is 0 Å². The lowest BCUT2D eigenvalue weighted by molar-refractivity contribution is -0.161. The summed E-state index contributed by atoms with van der Waals surface area (Å²) in [6.07, 6.45) is 7.05. The van der Waals surface area contributed by atoms with Crippen LogP contribution in [0.3, 0.4) is 0 Å². The zero-order valence-corrected chi connectivity index (χ0v) is 11.2. The Morgan fingerprint density at radius 3 is 2.19 bits per heavy atom. The minimum atomic E-state index is -0.336. The van der Waals surface area contributed by atoms with E-state index in [1.54, 1.807) is 0 Å². The average molecular weight is 226 g/mol. The van der Waals surface area contributed by atoms with Gasteiger partial charge in [-0.2, -0.15) is 0 Å². The van der Waals surface area contributed by atoms with Gasteiger partial charge in [-0.05, 0) is 52.4 Å². The van der Waals surface area contributed by atoms with Gasteiger partial charge in [-0.25, -0.2) is 0 Å². The molecule has 0 spiro atoms. The fourth-order valence-corrected chi connectivity index (χ4v) is 2.48. The molecule has 16 heavy (non-hydrogen) atoms. The Bertz CT molecular complexity index is 219. The average Bonchev–Trinajstić information content (AvgIpc) is 2.16. The monoisotopic (exact) mass is 226 g/mol. The van der Waals surface area contributed by atoms with Crippen LogP contribution in [0.1, 0.15) is 66.2 Å². The highest BCUT2D eigenvalue weighted by molar-refractivity contribution is 5.72.